The van der Waals surface area contributed by atoms with Crippen LogP contribution in [0.4, 0.5) is 5.69 Å². The Morgan fingerprint density at radius 1 is 1.00 bits per heavy atom. The molecule has 1 aliphatic rings. The van der Waals surface area contributed by atoms with Gasteiger partial charge in [0.1, 0.15) is 5.75 Å². The zero-order valence-corrected chi connectivity index (χ0v) is 11.5. The highest BCUT2D eigenvalue weighted by atomic mass is 16.5. The first-order chi connectivity index (χ1) is 9.65. The Bertz CT molecular complexity index is 684. The van der Waals surface area contributed by atoms with Crippen LogP contribution in [0.1, 0.15) is 15.9 Å². The molecule has 1 heterocycles. The topological polar surface area (TPSA) is 29.5 Å². The summed E-state index contributed by atoms with van der Waals surface area (Å²) in [4.78, 5) is 14.2. The molecule has 0 saturated carbocycles. The maximum atomic E-state index is 12.2. The second-order valence-corrected chi connectivity index (χ2v) is 4.92. The van der Waals surface area contributed by atoms with Crippen LogP contribution in [0.2, 0.25) is 0 Å². The Labute approximate surface area is 118 Å². The first-order valence-corrected chi connectivity index (χ1v) is 6.46. The summed E-state index contributed by atoms with van der Waals surface area (Å²) in [6, 6.07) is 15.3. The number of benzene rings is 2. The molecule has 0 N–H and O–H groups in total. The fourth-order valence-electron chi connectivity index (χ4n) is 2.16. The third kappa shape index (κ3) is 2.18. The van der Waals surface area contributed by atoms with E-state index >= 15 is 0 Å². The molecule has 0 amide bonds. The van der Waals surface area contributed by atoms with E-state index in [0.717, 1.165) is 11.3 Å². The fourth-order valence-corrected chi connectivity index (χ4v) is 2.16. The number of fused-ring (bicyclic) bond motifs is 1. The lowest BCUT2D eigenvalue weighted by atomic mass is 10.1. The van der Waals surface area contributed by atoms with Crippen molar-refractivity contribution in [3.63, 3.8) is 0 Å². The smallest absolute Gasteiger partial charge is 0.231 e. The molecule has 3 rings (SSSR count). The molecule has 0 saturated heterocycles. The number of nitrogens with zero attached hydrogens (tertiary/aromatic N) is 1. The molecule has 2 aromatic carbocycles. The van der Waals surface area contributed by atoms with Crippen LogP contribution in [0.5, 0.6) is 5.75 Å². The number of allylic oxidation sites excluding steroid dienone is 1. The molecule has 0 atom stereocenters. The summed E-state index contributed by atoms with van der Waals surface area (Å²) in [7, 11) is 3.99. The molecule has 3 nitrogen and oxygen atoms in total. The second kappa shape index (κ2) is 4.85. The number of carbonyl (C=O) groups is 1. The van der Waals surface area contributed by atoms with Crippen molar-refractivity contribution < 1.29 is 9.53 Å². The van der Waals surface area contributed by atoms with Crippen molar-refractivity contribution in [2.45, 2.75) is 0 Å². The molecule has 100 valence electrons. The van der Waals surface area contributed by atoms with Crippen LogP contribution >= 0.6 is 0 Å². The van der Waals surface area contributed by atoms with Crippen molar-refractivity contribution in [2.24, 2.45) is 0 Å². The van der Waals surface area contributed by atoms with Gasteiger partial charge in [-0.1, -0.05) is 24.3 Å². The van der Waals surface area contributed by atoms with Gasteiger partial charge in [-0.25, -0.2) is 0 Å². The number of ketones is 1. The van der Waals surface area contributed by atoms with Gasteiger partial charge in [0.15, 0.2) is 5.76 Å². The summed E-state index contributed by atoms with van der Waals surface area (Å²) in [6.45, 7) is 0. The Kier molecular flexibility index (Phi) is 3.03. The van der Waals surface area contributed by atoms with Crippen molar-refractivity contribution in [1.82, 2.24) is 0 Å². The molecule has 1 aliphatic heterocycles. The normalized spacial score (nSPS) is 15.1. The van der Waals surface area contributed by atoms with Gasteiger partial charge in [0.25, 0.3) is 0 Å². The van der Waals surface area contributed by atoms with Gasteiger partial charge in [0.2, 0.25) is 5.78 Å². The quantitative estimate of drug-likeness (QED) is 0.780. The van der Waals surface area contributed by atoms with E-state index in [9.17, 15) is 4.79 Å². The molecule has 20 heavy (non-hydrogen) atoms. The van der Waals surface area contributed by atoms with Crippen LogP contribution in [-0.2, 0) is 0 Å². The number of hydrogen-bond acceptors (Lipinski definition) is 3. The van der Waals surface area contributed by atoms with Crippen LogP contribution in [0.25, 0.3) is 6.08 Å². The van der Waals surface area contributed by atoms with Gasteiger partial charge in [-0.3, -0.25) is 4.79 Å². The minimum absolute atomic E-state index is 0.0581. The van der Waals surface area contributed by atoms with Crippen LogP contribution in [0, 0.1) is 0 Å². The zero-order chi connectivity index (χ0) is 14.1. The van der Waals surface area contributed by atoms with E-state index < -0.39 is 0 Å². The second-order valence-electron chi connectivity index (χ2n) is 4.92. The van der Waals surface area contributed by atoms with Crippen molar-refractivity contribution >= 4 is 17.5 Å². The first-order valence-electron chi connectivity index (χ1n) is 6.46. The van der Waals surface area contributed by atoms with Gasteiger partial charge >= 0.3 is 0 Å². The highest BCUT2D eigenvalue weighted by Gasteiger charge is 2.26. The Balaban J connectivity index is 1.89. The molecular formula is C17H15NO2. The fraction of sp³-hybridized carbons (Fsp3) is 0.118. The summed E-state index contributed by atoms with van der Waals surface area (Å²) in [5.41, 5.74) is 2.70. The van der Waals surface area contributed by atoms with E-state index in [-0.39, 0.29) is 5.78 Å². The summed E-state index contributed by atoms with van der Waals surface area (Å²) in [5, 5.41) is 0. The van der Waals surface area contributed by atoms with Gasteiger partial charge in [0.05, 0.1) is 5.56 Å². The van der Waals surface area contributed by atoms with E-state index in [2.05, 4.69) is 0 Å². The number of hydrogen-bond donors (Lipinski definition) is 0. The van der Waals surface area contributed by atoms with Gasteiger partial charge in [-0.05, 0) is 35.9 Å². The van der Waals surface area contributed by atoms with Crippen molar-refractivity contribution in [3.05, 3.63) is 65.4 Å². The Morgan fingerprint density at radius 3 is 2.35 bits per heavy atom. The number of carbonyl (C=O) groups excluding carboxylic acids is 1. The Morgan fingerprint density at radius 2 is 1.70 bits per heavy atom. The van der Waals surface area contributed by atoms with E-state index in [1.807, 2.05) is 61.5 Å². The van der Waals surface area contributed by atoms with Gasteiger partial charge in [-0.2, -0.15) is 0 Å². The van der Waals surface area contributed by atoms with Crippen LogP contribution in [0.3, 0.4) is 0 Å². The highest BCUT2D eigenvalue weighted by molar-refractivity contribution is 6.14. The van der Waals surface area contributed by atoms with Crippen LogP contribution in [-0.4, -0.2) is 19.9 Å². The predicted molar refractivity (Wildman–Crippen MR) is 80.1 cm³/mol. The van der Waals surface area contributed by atoms with Gasteiger partial charge < -0.3 is 9.64 Å². The average molecular weight is 265 g/mol. The monoisotopic (exact) mass is 265 g/mol. The summed E-state index contributed by atoms with van der Waals surface area (Å²) in [6.07, 6.45) is 1.78. The first kappa shape index (κ1) is 12.5. The number of para-hydroxylation sites is 1. The van der Waals surface area contributed by atoms with E-state index in [1.54, 1.807) is 12.1 Å². The lowest BCUT2D eigenvalue weighted by Gasteiger charge is -2.11. The number of Topliss-reactive ketones (excluding diaryl/α,β-unsaturated/α-hetero) is 1. The third-order valence-corrected chi connectivity index (χ3v) is 3.28. The Hall–Kier alpha value is -2.55. The molecular weight excluding hydrogens is 250 g/mol. The average Bonchev–Trinajstić information content (AvgIpc) is 2.77. The highest BCUT2D eigenvalue weighted by Crippen LogP contribution is 2.31. The largest absolute Gasteiger partial charge is 0.452 e. The molecule has 0 unspecified atom stereocenters. The van der Waals surface area contributed by atoms with Crippen molar-refractivity contribution in [2.75, 3.05) is 19.0 Å². The molecule has 0 radical (unpaired) electrons. The van der Waals surface area contributed by atoms with Crippen molar-refractivity contribution in [3.8, 4) is 5.75 Å². The standard InChI is InChI=1S/C17H15NO2/c1-18(2)13-9-7-12(8-10-13)11-16-17(19)14-5-3-4-6-15(14)20-16/h3-11H,1-2H3/b16-11-. The minimum Gasteiger partial charge on any atom is -0.452 e. The van der Waals surface area contributed by atoms with Crippen LogP contribution in [0.15, 0.2) is 54.3 Å². The molecule has 3 heteroatoms. The molecule has 0 aliphatic carbocycles. The maximum absolute atomic E-state index is 12.2. The van der Waals surface area contributed by atoms with Crippen molar-refractivity contribution in [1.29, 1.82) is 0 Å². The number of rotatable bonds is 2. The molecule has 2 aromatic rings. The SMILES string of the molecule is CN(C)c1ccc(/C=C2\Oc3ccccc3C2=O)cc1. The van der Waals surface area contributed by atoms with E-state index in [0.29, 0.717) is 17.1 Å². The van der Waals surface area contributed by atoms with E-state index in [4.69, 9.17) is 4.74 Å². The van der Waals surface area contributed by atoms with Crippen LogP contribution < -0.4 is 9.64 Å². The molecule has 0 aromatic heterocycles. The summed E-state index contributed by atoms with van der Waals surface area (Å²) < 4.78 is 5.60. The third-order valence-electron chi connectivity index (χ3n) is 3.28. The zero-order valence-electron chi connectivity index (χ0n) is 11.5. The molecule has 0 fully saturated rings. The molecule has 0 spiro atoms. The van der Waals surface area contributed by atoms with Gasteiger partial charge in [-0.15, -0.1) is 0 Å². The minimum atomic E-state index is -0.0581. The number of ether oxygens (including phenoxy) is 1. The number of anilines is 1. The lowest BCUT2D eigenvalue weighted by molar-refractivity contribution is 0.101. The van der Waals surface area contributed by atoms with Gasteiger partial charge in [0, 0.05) is 19.8 Å². The predicted octanol–water partition coefficient (Wildman–Crippen LogP) is 3.37. The van der Waals surface area contributed by atoms with E-state index in [1.165, 1.54) is 0 Å². The lowest BCUT2D eigenvalue weighted by Crippen LogP contribution is -2.08. The summed E-state index contributed by atoms with van der Waals surface area (Å²) in [5.74, 6) is 0.953. The maximum Gasteiger partial charge on any atom is 0.231 e. The molecule has 0 bridgehead atoms. The summed E-state index contributed by atoms with van der Waals surface area (Å²) >= 11 is 0.